The molecule has 2 aromatic heterocycles. The normalized spacial score (nSPS) is 24.3. The van der Waals surface area contributed by atoms with Gasteiger partial charge in [-0.15, -0.1) is 10.8 Å². The van der Waals surface area contributed by atoms with E-state index in [0.29, 0.717) is 28.2 Å². The number of fused-ring (bicyclic) bond motifs is 2. The molecule has 0 aliphatic carbocycles. The van der Waals surface area contributed by atoms with E-state index in [1.54, 1.807) is 31.3 Å². The summed E-state index contributed by atoms with van der Waals surface area (Å²) in [7, 11) is -1.44. The highest BCUT2D eigenvalue weighted by molar-refractivity contribution is 8.22. The highest BCUT2D eigenvalue weighted by Crippen LogP contribution is 2.58. The summed E-state index contributed by atoms with van der Waals surface area (Å²) in [6, 6.07) is 8.52. The van der Waals surface area contributed by atoms with E-state index in [4.69, 9.17) is 0 Å². The molecule has 2 aliphatic rings. The number of aromatic amines is 1. The number of likely N-dealkylation sites (tertiary alicyclic amines) is 1. The average Bonchev–Trinajstić information content (AvgIpc) is 3.30. The van der Waals surface area contributed by atoms with Crippen LogP contribution in [0.25, 0.3) is 10.9 Å². The number of halogens is 1. The number of amides is 1. The number of nitrogens with zero attached hydrogens (tertiary/aromatic N) is 5. The minimum atomic E-state index is -3.04. The van der Waals surface area contributed by atoms with Crippen LogP contribution in [0.2, 0.25) is 0 Å². The van der Waals surface area contributed by atoms with Gasteiger partial charge in [0.2, 0.25) is 0 Å². The molecule has 12 nitrogen and oxygen atoms in total. The Morgan fingerprint density at radius 1 is 1.42 bits per heavy atom. The van der Waals surface area contributed by atoms with Gasteiger partial charge in [0.15, 0.2) is 5.82 Å². The molecule has 0 radical (unpaired) electrons. The number of piperidine rings is 1. The van der Waals surface area contributed by atoms with E-state index < -0.39 is 40.7 Å². The molecule has 0 saturated carbocycles. The van der Waals surface area contributed by atoms with E-state index in [9.17, 15) is 29.1 Å². The molecular weight excluding hydrogens is 493 g/mol. The van der Waals surface area contributed by atoms with Gasteiger partial charge >= 0.3 is 6.09 Å². The molecule has 2 atom stereocenters. The van der Waals surface area contributed by atoms with Crippen LogP contribution >= 0.6 is 10.8 Å². The van der Waals surface area contributed by atoms with Crippen LogP contribution in [0.3, 0.4) is 0 Å². The summed E-state index contributed by atoms with van der Waals surface area (Å²) in [6.45, 7) is -0.0948. The van der Waals surface area contributed by atoms with Gasteiger partial charge < -0.3 is 20.3 Å². The highest BCUT2D eigenvalue weighted by Gasteiger charge is 2.48. The molecule has 14 heteroatoms. The zero-order valence-corrected chi connectivity index (χ0v) is 20.0. The minimum absolute atomic E-state index is 0.0000844. The topological polar surface area (TPSA) is 171 Å². The van der Waals surface area contributed by atoms with Crippen LogP contribution < -0.4 is 10.9 Å². The molecule has 2 aliphatic heterocycles. The number of hydrogen-bond acceptors (Lipinski definition) is 8. The third-order valence-corrected chi connectivity index (χ3v) is 8.89. The summed E-state index contributed by atoms with van der Waals surface area (Å²) < 4.78 is 39.1. The van der Waals surface area contributed by atoms with Crippen LogP contribution in [0.1, 0.15) is 18.4 Å². The van der Waals surface area contributed by atoms with Gasteiger partial charge in [0.05, 0.1) is 29.4 Å². The van der Waals surface area contributed by atoms with Crippen molar-refractivity contribution in [2.75, 3.05) is 25.5 Å². The number of pyridine rings is 1. The lowest BCUT2D eigenvalue weighted by Crippen LogP contribution is -2.56. The van der Waals surface area contributed by atoms with Crippen LogP contribution in [0.5, 0.6) is 0 Å². The summed E-state index contributed by atoms with van der Waals surface area (Å²) in [4.78, 5) is 28.2. The third kappa shape index (κ3) is 3.59. The average molecular weight is 518 g/mol. The van der Waals surface area contributed by atoms with Gasteiger partial charge in [0, 0.05) is 32.0 Å². The predicted octanol–water partition coefficient (Wildman–Crippen LogP) is 3.27. The summed E-state index contributed by atoms with van der Waals surface area (Å²) in [5.41, 5.74) is -0.406. The molecule has 0 spiro atoms. The van der Waals surface area contributed by atoms with Gasteiger partial charge in [-0.25, -0.2) is 13.5 Å². The van der Waals surface area contributed by atoms with E-state index in [-0.39, 0.29) is 30.6 Å². The third-order valence-electron chi connectivity index (χ3n) is 6.91. The van der Waals surface area contributed by atoms with Gasteiger partial charge in [0.1, 0.15) is 17.1 Å². The minimum Gasteiger partial charge on any atom is -0.465 e. The maximum absolute atomic E-state index is 15.6. The lowest BCUT2D eigenvalue weighted by Gasteiger charge is -2.42. The van der Waals surface area contributed by atoms with Crippen molar-refractivity contribution < 1.29 is 23.4 Å². The van der Waals surface area contributed by atoms with E-state index in [1.807, 2.05) is 6.07 Å². The van der Waals surface area contributed by atoms with Crippen LogP contribution in [0, 0.1) is 11.3 Å². The Morgan fingerprint density at radius 2 is 2.19 bits per heavy atom. The van der Waals surface area contributed by atoms with Gasteiger partial charge in [0.25, 0.3) is 5.56 Å². The smallest absolute Gasteiger partial charge is 0.407 e. The zero-order valence-electron chi connectivity index (χ0n) is 19.2. The van der Waals surface area contributed by atoms with Crippen LogP contribution in [0.4, 0.5) is 20.7 Å². The molecule has 5 N–H and O–H groups in total. The Hall–Kier alpha value is -3.64. The Morgan fingerprint density at radius 3 is 2.89 bits per heavy atom. The monoisotopic (exact) mass is 517 g/mol. The SMILES string of the molecule is CN1Cc2cc(Nc3nn(C4(CC#N)CCN(C(=O)O)CC4F)c4cc[nH]c(=O)c34)ccc2S1(O)O. The summed E-state index contributed by atoms with van der Waals surface area (Å²) in [5, 5.41) is 26.6. The number of benzene rings is 1. The number of hydrogen-bond donors (Lipinski definition) is 5. The molecule has 5 rings (SSSR count). The van der Waals surface area contributed by atoms with Gasteiger partial charge in [-0.2, -0.15) is 10.4 Å². The maximum Gasteiger partial charge on any atom is 0.407 e. The molecule has 1 amide bonds. The quantitative estimate of drug-likeness (QED) is 0.348. The second-order valence-corrected chi connectivity index (χ2v) is 11.1. The standard InChI is InChI=1S/C22H24FN7O5S/c1-28-11-13-10-14(2-3-16(13)36(28,34)35)26-19-18-15(4-8-25-20(18)31)30(27-19)22(5-7-24)6-9-29(21(32)33)12-17(22)23/h2-4,8,10,17,34-35H,5-6,9,11-12H2,1H3,(H,25,31)(H,26,27)(H,32,33). The number of H-pyrrole nitrogens is 1. The van der Waals surface area contributed by atoms with Crippen LogP contribution in [-0.4, -0.2) is 70.6 Å². The molecule has 36 heavy (non-hydrogen) atoms. The van der Waals surface area contributed by atoms with E-state index in [2.05, 4.69) is 15.4 Å². The first-order chi connectivity index (χ1) is 17.1. The van der Waals surface area contributed by atoms with E-state index in [1.165, 1.54) is 15.2 Å². The Balaban J connectivity index is 1.60. The largest absolute Gasteiger partial charge is 0.465 e. The van der Waals surface area contributed by atoms with E-state index in [0.717, 1.165) is 4.90 Å². The molecule has 1 saturated heterocycles. The molecule has 1 fully saturated rings. The van der Waals surface area contributed by atoms with Crippen LogP contribution in [0.15, 0.2) is 40.2 Å². The molecular formula is C22H24FN7O5S. The number of aromatic nitrogens is 3. The van der Waals surface area contributed by atoms with Crippen molar-refractivity contribution in [2.45, 2.75) is 36.0 Å². The number of carbonyl (C=O) groups is 1. The first kappa shape index (κ1) is 24.1. The first-order valence-corrected chi connectivity index (χ1v) is 12.6. The fourth-order valence-electron chi connectivity index (χ4n) is 4.95. The Kier molecular flexibility index (Phi) is 5.67. The van der Waals surface area contributed by atoms with Crippen molar-refractivity contribution in [3.8, 4) is 6.07 Å². The lowest BCUT2D eigenvalue weighted by atomic mass is 9.83. The van der Waals surface area contributed by atoms with Crippen molar-refractivity contribution in [1.29, 1.82) is 5.26 Å². The summed E-state index contributed by atoms with van der Waals surface area (Å²) in [5.74, 6) is 0.134. The predicted molar refractivity (Wildman–Crippen MR) is 130 cm³/mol. The number of rotatable bonds is 4. The highest BCUT2D eigenvalue weighted by atomic mass is 32.3. The number of nitriles is 1. The fraction of sp³-hybridized carbons (Fsp3) is 0.364. The fourth-order valence-corrected chi connectivity index (χ4v) is 6.33. The number of alkyl halides is 1. The van der Waals surface area contributed by atoms with Crippen molar-refractivity contribution in [1.82, 2.24) is 24.0 Å². The van der Waals surface area contributed by atoms with Gasteiger partial charge in [-0.05, 0) is 36.2 Å². The maximum atomic E-state index is 15.6. The van der Waals surface area contributed by atoms with Crippen molar-refractivity contribution in [3.05, 3.63) is 46.4 Å². The van der Waals surface area contributed by atoms with E-state index >= 15 is 4.39 Å². The van der Waals surface area contributed by atoms with Crippen molar-refractivity contribution in [3.63, 3.8) is 0 Å². The number of anilines is 2. The molecule has 190 valence electrons. The van der Waals surface area contributed by atoms with Crippen molar-refractivity contribution >= 4 is 39.3 Å². The summed E-state index contributed by atoms with van der Waals surface area (Å²) in [6.07, 6.45) is -1.85. The molecule has 0 bridgehead atoms. The van der Waals surface area contributed by atoms with Crippen LogP contribution in [-0.2, 0) is 12.1 Å². The molecule has 1 aromatic carbocycles. The second-order valence-electron chi connectivity index (χ2n) is 8.96. The van der Waals surface area contributed by atoms with Gasteiger partial charge in [-0.1, -0.05) is 0 Å². The Bertz CT molecular complexity index is 1470. The molecule has 4 heterocycles. The summed E-state index contributed by atoms with van der Waals surface area (Å²) >= 11 is 0. The first-order valence-electron chi connectivity index (χ1n) is 11.1. The number of nitrogens with one attached hydrogen (secondary N) is 2. The van der Waals surface area contributed by atoms with Crippen molar-refractivity contribution in [2.24, 2.45) is 0 Å². The Labute approximate surface area is 206 Å². The van der Waals surface area contributed by atoms with Gasteiger partial charge in [-0.3, -0.25) is 18.6 Å². The zero-order chi connectivity index (χ0) is 25.8. The molecule has 3 aromatic rings. The second kappa shape index (κ2) is 8.49. The number of carboxylic acid groups (broad SMARTS) is 1. The molecule has 2 unspecified atom stereocenters. The lowest BCUT2D eigenvalue weighted by molar-refractivity contribution is 0.0170.